The van der Waals surface area contributed by atoms with E-state index in [1.165, 1.54) is 41.6 Å². The number of ether oxygens (including phenoxy) is 1. The van der Waals surface area contributed by atoms with Crippen LogP contribution < -0.4 is 8.92 Å². The Balaban J connectivity index is 1.67. The molecule has 0 radical (unpaired) electrons. The first-order valence-electron chi connectivity index (χ1n) is 7.46. The molecule has 3 aromatic rings. The van der Waals surface area contributed by atoms with Crippen LogP contribution in [0.25, 0.3) is 0 Å². The average molecular weight is 399 g/mol. The zero-order chi connectivity index (χ0) is 19.4. The van der Waals surface area contributed by atoms with Crippen LogP contribution in [0.3, 0.4) is 0 Å². The standard InChI is InChI=1S/C16H12F3N3O4S/c17-15-5-11(7-22-10-20-9-21-22)6-16(18)14(15)8-25-12-1-3-13(4-2-12)26-27(19,23)24/h1-6,9-10H,7-8H2. The van der Waals surface area contributed by atoms with Gasteiger partial charge in [0.05, 0.1) is 12.1 Å². The fourth-order valence-corrected chi connectivity index (χ4v) is 2.59. The van der Waals surface area contributed by atoms with E-state index in [2.05, 4.69) is 14.3 Å². The van der Waals surface area contributed by atoms with Gasteiger partial charge < -0.3 is 8.92 Å². The van der Waals surface area contributed by atoms with Crippen molar-refractivity contribution in [2.24, 2.45) is 0 Å². The third-order valence-electron chi connectivity index (χ3n) is 3.41. The van der Waals surface area contributed by atoms with Crippen LogP contribution in [0.5, 0.6) is 11.5 Å². The molecule has 0 bridgehead atoms. The molecule has 0 spiro atoms. The average Bonchev–Trinajstić information content (AvgIpc) is 3.07. The lowest BCUT2D eigenvalue weighted by atomic mass is 10.1. The maximum absolute atomic E-state index is 14.2. The van der Waals surface area contributed by atoms with Crippen LogP contribution in [0.2, 0.25) is 0 Å². The van der Waals surface area contributed by atoms with Crippen LogP contribution in [0.1, 0.15) is 11.1 Å². The molecule has 0 unspecified atom stereocenters. The Morgan fingerprint density at radius 3 is 2.22 bits per heavy atom. The van der Waals surface area contributed by atoms with Gasteiger partial charge in [-0.2, -0.15) is 13.5 Å². The van der Waals surface area contributed by atoms with Crippen LogP contribution in [0.4, 0.5) is 12.7 Å². The summed E-state index contributed by atoms with van der Waals surface area (Å²) in [5.74, 6) is -1.65. The molecule has 1 heterocycles. The maximum Gasteiger partial charge on any atom is 0.488 e. The minimum Gasteiger partial charge on any atom is -0.489 e. The van der Waals surface area contributed by atoms with Gasteiger partial charge in [-0.15, -0.1) is 0 Å². The Labute approximate surface area is 152 Å². The van der Waals surface area contributed by atoms with E-state index in [0.29, 0.717) is 5.56 Å². The lowest BCUT2D eigenvalue weighted by molar-refractivity contribution is 0.292. The molecule has 1 aromatic heterocycles. The summed E-state index contributed by atoms with van der Waals surface area (Å²) in [5.41, 5.74) is 0.0946. The van der Waals surface area contributed by atoms with Gasteiger partial charge in [0, 0.05) is 0 Å². The highest BCUT2D eigenvalue weighted by atomic mass is 32.3. The molecule has 0 aliphatic heterocycles. The largest absolute Gasteiger partial charge is 0.489 e. The monoisotopic (exact) mass is 399 g/mol. The number of hydrogen-bond acceptors (Lipinski definition) is 6. The molecule has 0 aliphatic carbocycles. The van der Waals surface area contributed by atoms with Crippen molar-refractivity contribution in [2.75, 3.05) is 0 Å². The number of nitrogens with zero attached hydrogens (tertiary/aromatic N) is 3. The molecule has 3 rings (SSSR count). The van der Waals surface area contributed by atoms with Gasteiger partial charge in [-0.3, -0.25) is 0 Å². The van der Waals surface area contributed by atoms with E-state index >= 15 is 0 Å². The molecule has 0 fully saturated rings. The second-order valence-electron chi connectivity index (χ2n) is 5.37. The number of aromatic nitrogens is 3. The summed E-state index contributed by atoms with van der Waals surface area (Å²) in [5, 5.41) is 3.86. The number of hydrogen-bond donors (Lipinski definition) is 0. The minimum absolute atomic E-state index is 0.161. The molecule has 2 aromatic carbocycles. The Bertz CT molecular complexity index is 1000. The summed E-state index contributed by atoms with van der Waals surface area (Å²) in [6.07, 6.45) is 2.74. The second kappa shape index (κ2) is 7.66. The SMILES string of the molecule is O=S(=O)(F)Oc1ccc(OCc2c(F)cc(Cn3cncn3)cc2F)cc1. The fraction of sp³-hybridized carbons (Fsp3) is 0.125. The quantitative estimate of drug-likeness (QED) is 0.568. The lowest BCUT2D eigenvalue weighted by Gasteiger charge is -2.10. The molecular weight excluding hydrogens is 387 g/mol. The van der Waals surface area contributed by atoms with Gasteiger partial charge in [0.15, 0.2) is 0 Å². The first-order valence-corrected chi connectivity index (χ1v) is 8.77. The van der Waals surface area contributed by atoms with Gasteiger partial charge in [0.2, 0.25) is 0 Å². The maximum atomic E-state index is 14.2. The van der Waals surface area contributed by atoms with Crippen molar-refractivity contribution in [1.82, 2.24) is 14.8 Å². The Morgan fingerprint density at radius 2 is 1.67 bits per heavy atom. The lowest BCUT2D eigenvalue weighted by Crippen LogP contribution is -2.06. The van der Waals surface area contributed by atoms with E-state index in [0.717, 1.165) is 12.1 Å². The smallest absolute Gasteiger partial charge is 0.488 e. The van der Waals surface area contributed by atoms with E-state index < -0.39 is 28.7 Å². The van der Waals surface area contributed by atoms with Crippen LogP contribution in [0, 0.1) is 11.6 Å². The summed E-state index contributed by atoms with van der Waals surface area (Å²) in [4.78, 5) is 3.75. The van der Waals surface area contributed by atoms with Gasteiger partial charge in [-0.1, -0.05) is 3.89 Å². The van der Waals surface area contributed by atoms with E-state index in [1.54, 1.807) is 0 Å². The number of rotatable bonds is 7. The third kappa shape index (κ3) is 5.20. The normalized spacial score (nSPS) is 11.4. The zero-order valence-corrected chi connectivity index (χ0v) is 14.4. The predicted octanol–water partition coefficient (Wildman–Crippen LogP) is 2.78. The Morgan fingerprint density at radius 1 is 1.04 bits per heavy atom. The first kappa shape index (κ1) is 18.7. The number of benzene rings is 2. The summed E-state index contributed by atoms with van der Waals surface area (Å²) < 4.78 is 72.3. The van der Waals surface area contributed by atoms with Crippen molar-refractivity contribution in [3.05, 3.63) is 71.8 Å². The van der Waals surface area contributed by atoms with Crippen molar-refractivity contribution in [3.63, 3.8) is 0 Å². The van der Waals surface area contributed by atoms with E-state index in [9.17, 15) is 21.1 Å². The van der Waals surface area contributed by atoms with Gasteiger partial charge in [-0.05, 0) is 42.0 Å². The van der Waals surface area contributed by atoms with Crippen molar-refractivity contribution in [2.45, 2.75) is 13.2 Å². The van der Waals surface area contributed by atoms with Crippen molar-refractivity contribution >= 4 is 10.5 Å². The zero-order valence-electron chi connectivity index (χ0n) is 13.5. The molecule has 142 valence electrons. The van der Waals surface area contributed by atoms with Gasteiger partial charge >= 0.3 is 10.5 Å². The van der Waals surface area contributed by atoms with E-state index in [-0.39, 0.29) is 23.6 Å². The molecule has 0 N–H and O–H groups in total. The van der Waals surface area contributed by atoms with Crippen molar-refractivity contribution in [1.29, 1.82) is 0 Å². The Hall–Kier alpha value is -3.08. The van der Waals surface area contributed by atoms with E-state index in [1.807, 2.05) is 0 Å². The van der Waals surface area contributed by atoms with Crippen molar-refractivity contribution in [3.8, 4) is 11.5 Å². The van der Waals surface area contributed by atoms with Crippen LogP contribution in [-0.4, -0.2) is 23.2 Å². The summed E-state index contributed by atoms with van der Waals surface area (Å²) in [6.45, 7) is -0.239. The molecule has 0 aliphatic rings. The molecule has 27 heavy (non-hydrogen) atoms. The predicted molar refractivity (Wildman–Crippen MR) is 86.9 cm³/mol. The van der Waals surface area contributed by atoms with Crippen molar-refractivity contribution < 1.29 is 30.0 Å². The summed E-state index contributed by atoms with van der Waals surface area (Å²) >= 11 is 0. The van der Waals surface area contributed by atoms with Gasteiger partial charge in [-0.25, -0.2) is 18.4 Å². The molecule has 0 saturated carbocycles. The highest BCUT2D eigenvalue weighted by Gasteiger charge is 2.13. The number of halogens is 3. The fourth-order valence-electron chi connectivity index (χ4n) is 2.25. The van der Waals surface area contributed by atoms with Gasteiger partial charge in [0.25, 0.3) is 0 Å². The van der Waals surface area contributed by atoms with E-state index in [4.69, 9.17) is 4.74 Å². The second-order valence-corrected chi connectivity index (χ2v) is 6.32. The Kier molecular flexibility index (Phi) is 5.31. The highest BCUT2D eigenvalue weighted by Crippen LogP contribution is 2.22. The highest BCUT2D eigenvalue weighted by molar-refractivity contribution is 7.81. The van der Waals surface area contributed by atoms with Crippen LogP contribution >= 0.6 is 0 Å². The molecule has 11 heteroatoms. The van der Waals surface area contributed by atoms with Gasteiger partial charge in [0.1, 0.15) is 42.4 Å². The first-order chi connectivity index (χ1) is 12.8. The molecule has 0 saturated heterocycles. The molecule has 0 atom stereocenters. The topological polar surface area (TPSA) is 83.3 Å². The molecule has 0 amide bonds. The van der Waals surface area contributed by atoms with Crippen LogP contribution in [-0.2, 0) is 23.7 Å². The molecular formula is C16H12F3N3O4S. The summed E-state index contributed by atoms with van der Waals surface area (Å²) in [7, 11) is -5.13. The minimum atomic E-state index is -5.13. The van der Waals surface area contributed by atoms with Crippen LogP contribution in [0.15, 0.2) is 49.1 Å². The summed E-state index contributed by atoms with van der Waals surface area (Å²) in [6, 6.07) is 7.17. The molecule has 7 nitrogen and oxygen atoms in total. The third-order valence-corrected chi connectivity index (χ3v) is 3.81.